The van der Waals surface area contributed by atoms with E-state index in [2.05, 4.69) is 15.9 Å². The highest BCUT2D eigenvalue weighted by Gasteiger charge is 2.23. The summed E-state index contributed by atoms with van der Waals surface area (Å²) in [6.07, 6.45) is 2.50. The number of rotatable bonds is 4. The van der Waals surface area contributed by atoms with E-state index in [1.165, 1.54) is 12.8 Å². The minimum atomic E-state index is 0.0436. The minimum absolute atomic E-state index is 0.0436. The van der Waals surface area contributed by atoms with Crippen LogP contribution in [-0.2, 0) is 0 Å². The average molecular weight is 269 g/mol. The van der Waals surface area contributed by atoms with E-state index in [0.717, 1.165) is 11.1 Å². The van der Waals surface area contributed by atoms with E-state index in [1.807, 2.05) is 12.1 Å². The molecule has 2 rings (SSSR count). The maximum Gasteiger partial charge on any atom is 0.163 e. The first kappa shape index (κ1) is 10.7. The molecule has 1 aliphatic rings. The van der Waals surface area contributed by atoms with Gasteiger partial charge >= 0.3 is 0 Å². The second kappa shape index (κ2) is 4.35. The number of ether oxygens (including phenoxy) is 1. The molecule has 0 bridgehead atoms. The molecule has 1 saturated carbocycles. The molecule has 0 N–H and O–H groups in total. The zero-order valence-corrected chi connectivity index (χ0v) is 10.2. The number of para-hydroxylation sites is 1. The molecule has 2 nitrogen and oxygen atoms in total. The molecule has 0 aliphatic heterocycles. The Morgan fingerprint density at radius 1 is 1.53 bits per heavy atom. The molecule has 1 aromatic rings. The SMILES string of the molecule is CC(=O)c1cccc(Br)c1OCC1CC1. The van der Waals surface area contributed by atoms with E-state index in [1.54, 1.807) is 13.0 Å². The van der Waals surface area contributed by atoms with Crippen molar-refractivity contribution in [2.75, 3.05) is 6.61 Å². The predicted octanol–water partition coefficient (Wildman–Crippen LogP) is 3.44. The largest absolute Gasteiger partial charge is 0.491 e. The van der Waals surface area contributed by atoms with Crippen molar-refractivity contribution in [1.82, 2.24) is 0 Å². The third-order valence-electron chi connectivity index (χ3n) is 2.51. The summed E-state index contributed by atoms with van der Waals surface area (Å²) in [6.45, 7) is 2.29. The van der Waals surface area contributed by atoms with Crippen LogP contribution in [0.3, 0.4) is 0 Å². The topological polar surface area (TPSA) is 26.3 Å². The third kappa shape index (κ3) is 2.59. The van der Waals surface area contributed by atoms with Crippen LogP contribution in [0.1, 0.15) is 30.1 Å². The van der Waals surface area contributed by atoms with Crippen molar-refractivity contribution in [3.63, 3.8) is 0 Å². The van der Waals surface area contributed by atoms with Crippen LogP contribution in [0, 0.1) is 5.92 Å². The van der Waals surface area contributed by atoms with Crippen LogP contribution in [0.5, 0.6) is 5.75 Å². The highest BCUT2D eigenvalue weighted by atomic mass is 79.9. The molecule has 0 atom stereocenters. The smallest absolute Gasteiger partial charge is 0.163 e. The van der Waals surface area contributed by atoms with Crippen molar-refractivity contribution in [2.24, 2.45) is 5.92 Å². The molecule has 0 saturated heterocycles. The van der Waals surface area contributed by atoms with Crippen LogP contribution in [-0.4, -0.2) is 12.4 Å². The van der Waals surface area contributed by atoms with Gasteiger partial charge < -0.3 is 4.74 Å². The number of hydrogen-bond donors (Lipinski definition) is 0. The molecule has 0 aromatic heterocycles. The summed E-state index contributed by atoms with van der Waals surface area (Å²) in [5.41, 5.74) is 0.657. The van der Waals surface area contributed by atoms with Crippen molar-refractivity contribution >= 4 is 21.7 Å². The van der Waals surface area contributed by atoms with Gasteiger partial charge in [-0.15, -0.1) is 0 Å². The van der Waals surface area contributed by atoms with Crippen molar-refractivity contribution in [1.29, 1.82) is 0 Å². The quantitative estimate of drug-likeness (QED) is 0.782. The number of halogens is 1. The Labute approximate surface area is 97.8 Å². The van der Waals surface area contributed by atoms with Crippen LogP contribution < -0.4 is 4.74 Å². The van der Waals surface area contributed by atoms with E-state index in [-0.39, 0.29) is 5.78 Å². The molecule has 0 heterocycles. The molecule has 3 heteroatoms. The summed E-state index contributed by atoms with van der Waals surface area (Å²) >= 11 is 3.41. The molecular weight excluding hydrogens is 256 g/mol. The van der Waals surface area contributed by atoms with Crippen LogP contribution in [0.25, 0.3) is 0 Å². The molecule has 0 spiro atoms. The summed E-state index contributed by atoms with van der Waals surface area (Å²) in [6, 6.07) is 5.55. The second-order valence-corrected chi connectivity index (χ2v) is 4.78. The standard InChI is InChI=1S/C12H13BrO2/c1-8(14)10-3-2-4-11(13)12(10)15-7-9-5-6-9/h2-4,9H,5-7H2,1H3. The number of benzene rings is 1. The van der Waals surface area contributed by atoms with E-state index >= 15 is 0 Å². The van der Waals surface area contributed by atoms with Crippen molar-refractivity contribution in [2.45, 2.75) is 19.8 Å². The van der Waals surface area contributed by atoms with Crippen LogP contribution >= 0.6 is 15.9 Å². The molecule has 1 aromatic carbocycles. The molecule has 0 amide bonds. The molecule has 0 unspecified atom stereocenters. The second-order valence-electron chi connectivity index (χ2n) is 3.93. The van der Waals surface area contributed by atoms with Gasteiger partial charge in [0.05, 0.1) is 16.6 Å². The van der Waals surface area contributed by atoms with Gasteiger partial charge in [-0.25, -0.2) is 0 Å². The monoisotopic (exact) mass is 268 g/mol. The number of hydrogen-bond acceptors (Lipinski definition) is 2. The Balaban J connectivity index is 2.20. The lowest BCUT2D eigenvalue weighted by Gasteiger charge is -2.10. The number of Topliss-reactive ketones (excluding diaryl/α,β-unsaturated/α-hetero) is 1. The molecule has 1 aliphatic carbocycles. The van der Waals surface area contributed by atoms with E-state index in [9.17, 15) is 4.79 Å². The fourth-order valence-electron chi connectivity index (χ4n) is 1.42. The van der Waals surface area contributed by atoms with Gasteiger partial charge in [-0.1, -0.05) is 6.07 Å². The van der Waals surface area contributed by atoms with Gasteiger partial charge in [0.2, 0.25) is 0 Å². The lowest BCUT2D eigenvalue weighted by atomic mass is 10.1. The van der Waals surface area contributed by atoms with Crippen LogP contribution in [0.4, 0.5) is 0 Å². The van der Waals surface area contributed by atoms with Crippen LogP contribution in [0.2, 0.25) is 0 Å². The van der Waals surface area contributed by atoms with Crippen molar-refractivity contribution in [3.8, 4) is 5.75 Å². The zero-order chi connectivity index (χ0) is 10.8. The van der Waals surface area contributed by atoms with E-state index in [4.69, 9.17) is 4.74 Å². The van der Waals surface area contributed by atoms with Gasteiger partial charge in [0.25, 0.3) is 0 Å². The predicted molar refractivity (Wildman–Crippen MR) is 62.4 cm³/mol. The maximum absolute atomic E-state index is 11.4. The molecular formula is C12H13BrO2. The van der Waals surface area contributed by atoms with Gasteiger partial charge in [0.15, 0.2) is 5.78 Å². The fourth-order valence-corrected chi connectivity index (χ4v) is 1.90. The lowest BCUT2D eigenvalue weighted by molar-refractivity contribution is 0.101. The Hall–Kier alpha value is -0.830. The fraction of sp³-hybridized carbons (Fsp3) is 0.417. The summed E-state index contributed by atoms with van der Waals surface area (Å²) in [5.74, 6) is 1.43. The minimum Gasteiger partial charge on any atom is -0.491 e. The summed E-state index contributed by atoms with van der Waals surface area (Å²) in [5, 5.41) is 0. The maximum atomic E-state index is 11.4. The first-order valence-electron chi connectivity index (χ1n) is 5.10. The van der Waals surface area contributed by atoms with Crippen molar-refractivity contribution in [3.05, 3.63) is 28.2 Å². The summed E-state index contributed by atoms with van der Waals surface area (Å²) < 4.78 is 6.54. The Morgan fingerprint density at radius 2 is 2.27 bits per heavy atom. The van der Waals surface area contributed by atoms with Gasteiger partial charge in [0.1, 0.15) is 5.75 Å². The van der Waals surface area contributed by atoms with Gasteiger partial charge in [-0.3, -0.25) is 4.79 Å². The third-order valence-corrected chi connectivity index (χ3v) is 3.13. The van der Waals surface area contributed by atoms with E-state index < -0.39 is 0 Å². The molecule has 80 valence electrons. The summed E-state index contributed by atoms with van der Waals surface area (Å²) in [7, 11) is 0. The first-order valence-corrected chi connectivity index (χ1v) is 5.90. The van der Waals surface area contributed by atoms with E-state index in [0.29, 0.717) is 17.2 Å². The number of carbonyl (C=O) groups is 1. The molecule has 0 radical (unpaired) electrons. The zero-order valence-electron chi connectivity index (χ0n) is 8.63. The number of ketones is 1. The average Bonchev–Trinajstić information content (AvgIpc) is 2.99. The van der Waals surface area contributed by atoms with Crippen LogP contribution in [0.15, 0.2) is 22.7 Å². The van der Waals surface area contributed by atoms with Gasteiger partial charge in [0, 0.05) is 0 Å². The van der Waals surface area contributed by atoms with Gasteiger partial charge in [-0.2, -0.15) is 0 Å². The Bertz CT molecular complexity index is 383. The lowest BCUT2D eigenvalue weighted by Crippen LogP contribution is -2.04. The Kier molecular flexibility index (Phi) is 3.10. The highest BCUT2D eigenvalue weighted by molar-refractivity contribution is 9.10. The first-order chi connectivity index (χ1) is 7.18. The van der Waals surface area contributed by atoms with Crippen molar-refractivity contribution < 1.29 is 9.53 Å². The van der Waals surface area contributed by atoms with Gasteiger partial charge in [-0.05, 0) is 53.7 Å². The molecule has 1 fully saturated rings. The Morgan fingerprint density at radius 3 is 2.87 bits per heavy atom. The molecule has 15 heavy (non-hydrogen) atoms. The normalized spacial score (nSPS) is 15.1. The highest BCUT2D eigenvalue weighted by Crippen LogP contribution is 2.33. The number of carbonyl (C=O) groups excluding carboxylic acids is 1. The summed E-state index contributed by atoms with van der Waals surface area (Å²) in [4.78, 5) is 11.4.